The van der Waals surface area contributed by atoms with E-state index in [2.05, 4.69) is 18.2 Å². The number of fused-ring (bicyclic) bond motifs is 1. The van der Waals surface area contributed by atoms with Crippen LogP contribution in [-0.4, -0.2) is 41.3 Å². The van der Waals surface area contributed by atoms with E-state index in [0.29, 0.717) is 25.3 Å². The molecule has 4 rings (SSSR count). The molecule has 5 nitrogen and oxygen atoms in total. The fourth-order valence-electron chi connectivity index (χ4n) is 4.65. The summed E-state index contributed by atoms with van der Waals surface area (Å²) < 4.78 is 6.24. The quantitative estimate of drug-likeness (QED) is 0.503. The van der Waals surface area contributed by atoms with Crippen molar-refractivity contribution >= 4 is 11.8 Å². The lowest BCUT2D eigenvalue weighted by Gasteiger charge is -2.37. The lowest BCUT2D eigenvalue weighted by molar-refractivity contribution is -0.138. The lowest BCUT2D eigenvalue weighted by atomic mass is 9.88. The van der Waals surface area contributed by atoms with E-state index in [1.807, 2.05) is 79.5 Å². The van der Waals surface area contributed by atoms with Crippen LogP contribution in [0.4, 0.5) is 0 Å². The van der Waals surface area contributed by atoms with Crippen LogP contribution in [0.1, 0.15) is 48.6 Å². The van der Waals surface area contributed by atoms with Gasteiger partial charge in [-0.15, -0.1) is 0 Å². The Labute approximate surface area is 202 Å². The van der Waals surface area contributed by atoms with Crippen molar-refractivity contribution in [3.63, 3.8) is 0 Å². The molecule has 0 aromatic heterocycles. The van der Waals surface area contributed by atoms with Crippen LogP contribution in [0.15, 0.2) is 78.9 Å². The second-order valence-electron chi connectivity index (χ2n) is 8.83. The number of carbonyl (C=O) groups is 2. The van der Waals surface area contributed by atoms with E-state index < -0.39 is 6.10 Å². The van der Waals surface area contributed by atoms with Gasteiger partial charge in [0.1, 0.15) is 5.75 Å². The molecule has 1 aliphatic rings. The molecule has 0 radical (unpaired) electrons. The molecule has 5 heteroatoms. The first-order valence-electron chi connectivity index (χ1n) is 11.9. The van der Waals surface area contributed by atoms with Crippen LogP contribution >= 0.6 is 0 Å². The van der Waals surface area contributed by atoms with Crippen molar-refractivity contribution in [3.05, 3.63) is 101 Å². The first-order chi connectivity index (χ1) is 16.5. The molecular formula is C29H32N2O3. The molecular weight excluding hydrogens is 424 g/mol. The van der Waals surface area contributed by atoms with Gasteiger partial charge in [-0.1, -0.05) is 73.7 Å². The van der Waals surface area contributed by atoms with Crippen molar-refractivity contribution in [2.75, 3.05) is 13.6 Å². The minimum atomic E-state index is -0.575. The first kappa shape index (κ1) is 23.6. The number of rotatable bonds is 7. The van der Waals surface area contributed by atoms with E-state index in [0.717, 1.165) is 23.1 Å². The summed E-state index contributed by atoms with van der Waals surface area (Å²) >= 11 is 0. The zero-order chi connectivity index (χ0) is 24.1. The van der Waals surface area contributed by atoms with Gasteiger partial charge in [-0.2, -0.15) is 0 Å². The van der Waals surface area contributed by atoms with E-state index in [9.17, 15) is 9.59 Å². The zero-order valence-electron chi connectivity index (χ0n) is 20.1. The number of ether oxygens (including phenoxy) is 1. The summed E-state index contributed by atoms with van der Waals surface area (Å²) in [6.07, 6.45) is 0.792. The Kier molecular flexibility index (Phi) is 7.31. The molecule has 1 heterocycles. The Morgan fingerprint density at radius 2 is 1.71 bits per heavy atom. The monoisotopic (exact) mass is 456 g/mol. The van der Waals surface area contributed by atoms with E-state index >= 15 is 0 Å². The number of likely N-dealkylation sites (N-methyl/N-ethyl adjacent to an activating group) is 1. The van der Waals surface area contributed by atoms with Gasteiger partial charge in [-0.25, -0.2) is 0 Å². The van der Waals surface area contributed by atoms with Crippen LogP contribution in [0, 0.1) is 0 Å². The van der Waals surface area contributed by atoms with E-state index in [1.54, 1.807) is 11.8 Å². The third kappa shape index (κ3) is 5.14. The summed E-state index contributed by atoms with van der Waals surface area (Å²) in [5.41, 5.74) is 4.42. The molecule has 0 spiro atoms. The Hall–Kier alpha value is -3.60. The molecule has 34 heavy (non-hydrogen) atoms. The Bertz CT molecular complexity index is 1130. The average molecular weight is 457 g/mol. The lowest BCUT2D eigenvalue weighted by Crippen LogP contribution is -2.40. The molecule has 0 fully saturated rings. The van der Waals surface area contributed by atoms with Crippen LogP contribution in [0.3, 0.4) is 0 Å². The topological polar surface area (TPSA) is 49.9 Å². The number of nitrogens with zero attached hydrogens (tertiary/aromatic N) is 2. The van der Waals surface area contributed by atoms with Crippen LogP contribution in [0.5, 0.6) is 5.75 Å². The number of hydrogen-bond acceptors (Lipinski definition) is 3. The smallest absolute Gasteiger partial charge is 0.263 e. The molecule has 2 amide bonds. The molecule has 0 saturated heterocycles. The summed E-state index contributed by atoms with van der Waals surface area (Å²) in [6, 6.07) is 25.9. The Morgan fingerprint density at radius 1 is 1.03 bits per heavy atom. The normalized spacial score (nSPS) is 15.9. The molecule has 3 aromatic rings. The van der Waals surface area contributed by atoms with Crippen molar-refractivity contribution < 1.29 is 14.3 Å². The minimum absolute atomic E-state index is 0.0472. The summed E-state index contributed by atoms with van der Waals surface area (Å²) in [6.45, 7) is 4.80. The van der Waals surface area contributed by atoms with Crippen molar-refractivity contribution in [2.24, 2.45) is 0 Å². The highest BCUT2D eigenvalue weighted by molar-refractivity contribution is 5.81. The van der Waals surface area contributed by atoms with E-state index in [1.165, 1.54) is 5.56 Å². The predicted octanol–water partition coefficient (Wildman–Crippen LogP) is 5.00. The molecule has 1 aliphatic heterocycles. The van der Waals surface area contributed by atoms with Crippen LogP contribution < -0.4 is 4.74 Å². The van der Waals surface area contributed by atoms with E-state index in [4.69, 9.17) is 4.74 Å². The summed E-state index contributed by atoms with van der Waals surface area (Å²) in [5.74, 6) is 0.655. The predicted molar refractivity (Wildman–Crippen MR) is 133 cm³/mol. The maximum Gasteiger partial charge on any atom is 0.263 e. The fraction of sp³-hybridized carbons (Fsp3) is 0.310. The number of carbonyl (C=O) groups excluding carboxylic acids is 2. The Balaban J connectivity index is 1.58. The minimum Gasteiger partial charge on any atom is -0.481 e. The molecule has 2 atom stereocenters. The third-order valence-corrected chi connectivity index (χ3v) is 6.43. The van der Waals surface area contributed by atoms with Gasteiger partial charge < -0.3 is 14.5 Å². The van der Waals surface area contributed by atoms with Gasteiger partial charge in [0, 0.05) is 27.1 Å². The van der Waals surface area contributed by atoms with E-state index in [-0.39, 0.29) is 17.9 Å². The maximum atomic E-state index is 13.1. The van der Waals surface area contributed by atoms with Gasteiger partial charge in [-0.3, -0.25) is 9.59 Å². The van der Waals surface area contributed by atoms with Crippen LogP contribution in [-0.2, 0) is 22.6 Å². The van der Waals surface area contributed by atoms with Crippen molar-refractivity contribution in [1.29, 1.82) is 0 Å². The number of hydrogen-bond donors (Lipinski definition) is 0. The van der Waals surface area contributed by atoms with Crippen LogP contribution in [0.25, 0.3) is 0 Å². The Morgan fingerprint density at radius 3 is 2.35 bits per heavy atom. The highest BCUT2D eigenvalue weighted by Gasteiger charge is 2.31. The summed E-state index contributed by atoms with van der Waals surface area (Å²) in [4.78, 5) is 29.2. The van der Waals surface area contributed by atoms with Crippen molar-refractivity contribution in [1.82, 2.24) is 9.80 Å². The molecule has 0 unspecified atom stereocenters. The molecule has 0 bridgehead atoms. The third-order valence-electron chi connectivity index (χ3n) is 6.43. The van der Waals surface area contributed by atoms with Gasteiger partial charge in [0.15, 0.2) is 6.10 Å². The second-order valence-corrected chi connectivity index (χ2v) is 8.83. The summed E-state index contributed by atoms with van der Waals surface area (Å²) in [5, 5.41) is 0. The first-order valence-corrected chi connectivity index (χ1v) is 11.9. The molecule has 0 N–H and O–H groups in total. The number of benzene rings is 3. The van der Waals surface area contributed by atoms with Gasteiger partial charge in [0.2, 0.25) is 5.91 Å². The van der Waals surface area contributed by atoms with Gasteiger partial charge in [0.05, 0.1) is 6.04 Å². The van der Waals surface area contributed by atoms with Crippen molar-refractivity contribution in [2.45, 2.75) is 45.4 Å². The van der Waals surface area contributed by atoms with Crippen molar-refractivity contribution in [3.8, 4) is 5.75 Å². The highest BCUT2D eigenvalue weighted by Crippen LogP contribution is 2.37. The summed E-state index contributed by atoms with van der Waals surface area (Å²) in [7, 11) is 1.81. The average Bonchev–Trinajstić information content (AvgIpc) is 2.87. The van der Waals surface area contributed by atoms with Gasteiger partial charge in [0.25, 0.3) is 5.91 Å². The molecule has 176 valence electrons. The largest absolute Gasteiger partial charge is 0.481 e. The second kappa shape index (κ2) is 10.6. The van der Waals surface area contributed by atoms with Gasteiger partial charge >= 0.3 is 0 Å². The molecule has 3 aromatic carbocycles. The number of amides is 2. The highest BCUT2D eigenvalue weighted by atomic mass is 16.5. The molecule has 0 saturated carbocycles. The van der Waals surface area contributed by atoms with Gasteiger partial charge in [-0.05, 0) is 47.2 Å². The molecule has 0 aliphatic carbocycles. The SMILES string of the molecule is CC[C@@H](Oc1ccc2c(c1)[C@H](c1ccccc1)N(C(C)=O)CC2)C(=O)N(C)Cc1ccccc1. The van der Waals surface area contributed by atoms with Crippen LogP contribution in [0.2, 0.25) is 0 Å². The standard InChI is InChI=1S/C29H32N2O3/c1-4-27(29(33)30(3)20-22-11-7-5-8-12-22)34-25-16-15-23-17-18-31(21(2)32)28(26(23)19-25)24-13-9-6-10-14-24/h5-16,19,27-28H,4,17-18,20H2,1-3H3/t27-,28+/m1/s1. The zero-order valence-corrected chi connectivity index (χ0v) is 20.1. The maximum absolute atomic E-state index is 13.1. The fourth-order valence-corrected chi connectivity index (χ4v) is 4.65.